The third-order valence-corrected chi connectivity index (χ3v) is 4.11. The van der Waals surface area contributed by atoms with E-state index in [1.165, 1.54) is 12.1 Å². The van der Waals surface area contributed by atoms with Crippen molar-refractivity contribution in [1.29, 1.82) is 0 Å². The molecule has 0 saturated carbocycles. The lowest BCUT2D eigenvalue weighted by Gasteiger charge is -2.20. The van der Waals surface area contributed by atoms with Crippen LogP contribution >= 0.6 is 11.6 Å². The van der Waals surface area contributed by atoms with Crippen LogP contribution in [-0.2, 0) is 16.0 Å². The number of esters is 1. The van der Waals surface area contributed by atoms with Gasteiger partial charge in [0.2, 0.25) is 0 Å². The topological polar surface area (TPSA) is 98.5 Å². The van der Waals surface area contributed by atoms with Crippen LogP contribution in [0, 0.1) is 22.9 Å². The molecule has 0 bridgehead atoms. The predicted octanol–water partition coefficient (Wildman–Crippen LogP) is 4.83. The maximum atomic E-state index is 13.7. The summed E-state index contributed by atoms with van der Waals surface area (Å²) in [5, 5.41) is 13.6. The Labute approximate surface area is 172 Å². The molecule has 2 rings (SSSR count). The predicted molar refractivity (Wildman–Crippen MR) is 107 cm³/mol. The lowest BCUT2D eigenvalue weighted by molar-refractivity contribution is -0.384. The number of benzene rings is 2. The van der Waals surface area contributed by atoms with Gasteiger partial charge in [0, 0.05) is 17.3 Å². The highest BCUT2D eigenvalue weighted by atomic mass is 35.5. The highest BCUT2D eigenvalue weighted by Gasteiger charge is 2.22. The first-order chi connectivity index (χ1) is 13.4. The van der Waals surface area contributed by atoms with Crippen molar-refractivity contribution >= 4 is 34.9 Å². The third-order valence-electron chi connectivity index (χ3n) is 3.81. The Morgan fingerprint density at radius 1 is 1.24 bits per heavy atom. The van der Waals surface area contributed by atoms with Gasteiger partial charge in [-0.2, -0.15) is 0 Å². The van der Waals surface area contributed by atoms with Gasteiger partial charge in [0.15, 0.2) is 0 Å². The summed E-state index contributed by atoms with van der Waals surface area (Å²) in [5.41, 5.74) is -0.251. The number of anilines is 1. The number of aryl methyl sites for hydroxylation is 1. The number of carbonyl (C=O) groups is 2. The average molecular weight is 423 g/mol. The van der Waals surface area contributed by atoms with E-state index in [2.05, 4.69) is 5.32 Å². The van der Waals surface area contributed by atoms with Crippen molar-refractivity contribution in [2.24, 2.45) is 0 Å². The minimum atomic E-state index is -0.715. The number of carbonyl (C=O) groups excluding carboxylic acids is 2. The third kappa shape index (κ3) is 5.99. The number of hydrogen-bond donors (Lipinski definition) is 1. The monoisotopic (exact) mass is 422 g/mol. The Balaban J connectivity index is 2.33. The van der Waals surface area contributed by atoms with Crippen LogP contribution in [0.4, 0.5) is 15.8 Å². The second-order valence-corrected chi connectivity index (χ2v) is 7.80. The number of rotatable bonds is 5. The number of halogens is 2. The van der Waals surface area contributed by atoms with E-state index in [-0.39, 0.29) is 28.3 Å². The lowest BCUT2D eigenvalue weighted by Crippen LogP contribution is -2.25. The standard InChI is InChI=1S/C20H20ClFN2O5/c1-11-7-15(21)17(24(27)28)10-14(11)19(26)23-16-6-5-13(22)8-12(16)9-18(25)29-20(2,3)4/h5-8,10H,9H2,1-4H3,(H,23,26). The van der Waals surface area contributed by atoms with Crippen molar-refractivity contribution in [3.05, 3.63) is 68.0 Å². The van der Waals surface area contributed by atoms with Gasteiger partial charge in [0.1, 0.15) is 16.4 Å². The molecule has 2 aromatic carbocycles. The van der Waals surface area contributed by atoms with Gasteiger partial charge in [-0.15, -0.1) is 0 Å². The molecule has 0 aromatic heterocycles. The van der Waals surface area contributed by atoms with E-state index < -0.39 is 33.9 Å². The summed E-state index contributed by atoms with van der Waals surface area (Å²) in [7, 11) is 0. The molecule has 0 radical (unpaired) electrons. The van der Waals surface area contributed by atoms with Gasteiger partial charge in [-0.05, 0) is 63.1 Å². The normalized spacial score (nSPS) is 11.1. The van der Waals surface area contributed by atoms with Crippen molar-refractivity contribution in [2.75, 3.05) is 5.32 Å². The van der Waals surface area contributed by atoms with Gasteiger partial charge in [-0.25, -0.2) is 4.39 Å². The first-order valence-electron chi connectivity index (χ1n) is 8.63. The molecule has 29 heavy (non-hydrogen) atoms. The van der Waals surface area contributed by atoms with Crippen molar-refractivity contribution in [2.45, 2.75) is 39.7 Å². The zero-order chi connectivity index (χ0) is 21.9. The number of nitrogens with one attached hydrogen (secondary N) is 1. The molecule has 1 N–H and O–H groups in total. The minimum absolute atomic E-state index is 0.0358. The first kappa shape index (κ1) is 22.3. The van der Waals surface area contributed by atoms with Crippen LogP contribution in [0.1, 0.15) is 42.3 Å². The zero-order valence-corrected chi connectivity index (χ0v) is 17.1. The largest absolute Gasteiger partial charge is 0.460 e. The van der Waals surface area contributed by atoms with E-state index in [4.69, 9.17) is 16.3 Å². The van der Waals surface area contributed by atoms with Crippen molar-refractivity contribution < 1.29 is 23.6 Å². The molecule has 0 fully saturated rings. The Morgan fingerprint density at radius 3 is 2.48 bits per heavy atom. The van der Waals surface area contributed by atoms with E-state index in [9.17, 15) is 24.1 Å². The summed E-state index contributed by atoms with van der Waals surface area (Å²) in [6.07, 6.45) is -0.260. The quantitative estimate of drug-likeness (QED) is 0.422. The van der Waals surface area contributed by atoms with Crippen LogP contribution in [0.5, 0.6) is 0 Å². The van der Waals surface area contributed by atoms with Crippen LogP contribution in [0.2, 0.25) is 5.02 Å². The molecular weight excluding hydrogens is 403 g/mol. The molecule has 2 aromatic rings. The second kappa shape index (κ2) is 8.57. The first-order valence-corrected chi connectivity index (χ1v) is 9.01. The molecule has 0 aliphatic heterocycles. The van der Waals surface area contributed by atoms with E-state index in [0.717, 1.165) is 18.2 Å². The van der Waals surface area contributed by atoms with Crippen LogP contribution in [-0.4, -0.2) is 22.4 Å². The van der Waals surface area contributed by atoms with Crippen LogP contribution < -0.4 is 5.32 Å². The molecular formula is C20H20ClFN2O5. The molecule has 0 heterocycles. The maximum absolute atomic E-state index is 13.7. The van der Waals surface area contributed by atoms with Gasteiger partial charge < -0.3 is 10.1 Å². The van der Waals surface area contributed by atoms with Gasteiger partial charge >= 0.3 is 5.97 Å². The molecule has 0 unspecified atom stereocenters. The Kier molecular flexibility index (Phi) is 6.58. The number of amides is 1. The van der Waals surface area contributed by atoms with Crippen molar-refractivity contribution in [3.63, 3.8) is 0 Å². The summed E-state index contributed by atoms with van der Waals surface area (Å²) in [6, 6.07) is 5.96. The molecule has 0 atom stereocenters. The van der Waals surface area contributed by atoms with Gasteiger partial charge in [-0.1, -0.05) is 11.6 Å². The van der Waals surface area contributed by atoms with E-state index >= 15 is 0 Å². The fraction of sp³-hybridized carbons (Fsp3) is 0.300. The van der Waals surface area contributed by atoms with Crippen LogP contribution in [0.15, 0.2) is 30.3 Å². The Bertz CT molecular complexity index is 986. The molecule has 0 saturated heterocycles. The number of nitrogens with zero attached hydrogens (tertiary/aromatic N) is 1. The second-order valence-electron chi connectivity index (χ2n) is 7.39. The molecule has 1 amide bonds. The fourth-order valence-electron chi connectivity index (χ4n) is 2.60. The molecule has 7 nitrogen and oxygen atoms in total. The van der Waals surface area contributed by atoms with E-state index in [0.29, 0.717) is 5.56 Å². The summed E-state index contributed by atoms with van der Waals surface area (Å²) < 4.78 is 18.9. The highest BCUT2D eigenvalue weighted by Crippen LogP contribution is 2.29. The van der Waals surface area contributed by atoms with Crippen molar-refractivity contribution in [1.82, 2.24) is 0 Å². The smallest absolute Gasteiger partial charge is 0.310 e. The van der Waals surface area contributed by atoms with E-state index in [1.54, 1.807) is 27.7 Å². The molecule has 154 valence electrons. The summed E-state index contributed by atoms with van der Waals surface area (Å²) >= 11 is 5.85. The SMILES string of the molecule is Cc1cc(Cl)c([N+](=O)[O-])cc1C(=O)Nc1ccc(F)cc1CC(=O)OC(C)(C)C. The summed E-state index contributed by atoms with van der Waals surface area (Å²) in [5.74, 6) is -1.82. The highest BCUT2D eigenvalue weighted by molar-refractivity contribution is 6.33. The number of hydrogen-bond acceptors (Lipinski definition) is 5. The number of nitro groups is 1. The van der Waals surface area contributed by atoms with Gasteiger partial charge in [0.05, 0.1) is 11.3 Å². The Morgan fingerprint density at radius 2 is 1.90 bits per heavy atom. The molecule has 0 aliphatic rings. The number of nitro benzene ring substituents is 1. The Hall–Kier alpha value is -3.00. The summed E-state index contributed by atoms with van der Waals surface area (Å²) in [4.78, 5) is 35.2. The maximum Gasteiger partial charge on any atom is 0.310 e. The molecule has 9 heteroatoms. The average Bonchev–Trinajstić information content (AvgIpc) is 2.55. The fourth-order valence-corrected chi connectivity index (χ4v) is 2.89. The van der Waals surface area contributed by atoms with Crippen LogP contribution in [0.3, 0.4) is 0 Å². The summed E-state index contributed by atoms with van der Waals surface area (Å²) in [6.45, 7) is 6.69. The molecule has 0 aliphatic carbocycles. The van der Waals surface area contributed by atoms with Gasteiger partial charge in [-0.3, -0.25) is 19.7 Å². The minimum Gasteiger partial charge on any atom is -0.460 e. The lowest BCUT2D eigenvalue weighted by atomic mass is 10.1. The van der Waals surface area contributed by atoms with Crippen LogP contribution in [0.25, 0.3) is 0 Å². The molecule has 0 spiro atoms. The van der Waals surface area contributed by atoms with Crippen molar-refractivity contribution in [3.8, 4) is 0 Å². The number of ether oxygens (including phenoxy) is 1. The zero-order valence-electron chi connectivity index (χ0n) is 16.3. The van der Waals surface area contributed by atoms with Gasteiger partial charge in [0.25, 0.3) is 11.6 Å². The van der Waals surface area contributed by atoms with E-state index in [1.807, 2.05) is 0 Å².